The predicted molar refractivity (Wildman–Crippen MR) is 71.9 cm³/mol. The number of benzene rings is 1. The second-order valence-corrected chi connectivity index (χ2v) is 6.04. The molecule has 98 valence electrons. The van der Waals surface area contributed by atoms with Crippen LogP contribution in [0.2, 0.25) is 0 Å². The maximum absolute atomic E-state index is 13.4. The van der Waals surface area contributed by atoms with Gasteiger partial charge in [0.2, 0.25) is 0 Å². The third-order valence-electron chi connectivity index (χ3n) is 3.72. The summed E-state index contributed by atoms with van der Waals surface area (Å²) in [6.45, 7) is 1.74. The molecular formula is C14H17BrFNO. The summed E-state index contributed by atoms with van der Waals surface area (Å²) in [5.41, 5.74) is 0.940. The lowest BCUT2D eigenvalue weighted by Gasteiger charge is -2.20. The maximum Gasteiger partial charge on any atom is 0.123 e. The first-order valence-corrected chi connectivity index (χ1v) is 7.33. The minimum absolute atomic E-state index is 0.0151. The molecule has 1 aromatic rings. The van der Waals surface area contributed by atoms with Crippen LogP contribution >= 0.6 is 15.9 Å². The predicted octanol–water partition coefficient (Wildman–Crippen LogP) is 3.42. The zero-order valence-corrected chi connectivity index (χ0v) is 11.7. The van der Waals surface area contributed by atoms with Gasteiger partial charge >= 0.3 is 0 Å². The van der Waals surface area contributed by atoms with Gasteiger partial charge in [0, 0.05) is 29.6 Å². The Morgan fingerprint density at radius 2 is 2.17 bits per heavy atom. The third-order valence-corrected chi connectivity index (χ3v) is 4.45. The normalized spacial score (nSPS) is 27.7. The Morgan fingerprint density at radius 1 is 1.33 bits per heavy atom. The Labute approximate surface area is 115 Å². The third kappa shape index (κ3) is 2.76. The van der Waals surface area contributed by atoms with E-state index in [1.165, 1.54) is 18.9 Å². The van der Waals surface area contributed by atoms with Crippen molar-refractivity contribution in [2.75, 3.05) is 13.2 Å². The molecule has 0 bridgehead atoms. The van der Waals surface area contributed by atoms with Crippen LogP contribution in [0.1, 0.15) is 30.9 Å². The largest absolute Gasteiger partial charge is 0.373 e. The van der Waals surface area contributed by atoms with Crippen LogP contribution in [0.5, 0.6) is 0 Å². The van der Waals surface area contributed by atoms with Crippen molar-refractivity contribution >= 4 is 15.9 Å². The minimum Gasteiger partial charge on any atom is -0.373 e. The van der Waals surface area contributed by atoms with Crippen molar-refractivity contribution in [2.45, 2.75) is 31.4 Å². The first-order valence-electron chi connectivity index (χ1n) is 6.54. The van der Waals surface area contributed by atoms with E-state index in [1.807, 2.05) is 0 Å². The highest BCUT2D eigenvalue weighted by atomic mass is 79.9. The molecule has 1 aliphatic carbocycles. The lowest BCUT2D eigenvalue weighted by atomic mass is 9.95. The molecule has 1 saturated carbocycles. The van der Waals surface area contributed by atoms with Crippen LogP contribution in [-0.4, -0.2) is 19.2 Å². The molecule has 2 nitrogen and oxygen atoms in total. The van der Waals surface area contributed by atoms with Crippen LogP contribution in [0.15, 0.2) is 22.7 Å². The van der Waals surface area contributed by atoms with Crippen LogP contribution in [0, 0.1) is 11.7 Å². The van der Waals surface area contributed by atoms with Gasteiger partial charge in [-0.2, -0.15) is 0 Å². The van der Waals surface area contributed by atoms with Gasteiger partial charge in [0.15, 0.2) is 0 Å². The number of halogens is 2. The van der Waals surface area contributed by atoms with E-state index >= 15 is 0 Å². The second kappa shape index (κ2) is 5.27. The summed E-state index contributed by atoms with van der Waals surface area (Å²) in [6.07, 6.45) is 3.65. The summed E-state index contributed by atoms with van der Waals surface area (Å²) in [6, 6.07) is 5.53. The van der Waals surface area contributed by atoms with E-state index in [9.17, 15) is 4.39 Å². The molecule has 2 aliphatic rings. The molecule has 1 heterocycles. The average Bonchev–Trinajstić information content (AvgIpc) is 3.08. The molecule has 18 heavy (non-hydrogen) atoms. The quantitative estimate of drug-likeness (QED) is 0.919. The highest BCUT2D eigenvalue weighted by molar-refractivity contribution is 9.10. The Hall–Kier alpha value is -0.450. The molecular weight excluding hydrogens is 297 g/mol. The Balaban J connectivity index is 1.73. The van der Waals surface area contributed by atoms with E-state index in [0.717, 1.165) is 29.6 Å². The van der Waals surface area contributed by atoms with Gasteiger partial charge in [-0.15, -0.1) is 0 Å². The Kier molecular flexibility index (Phi) is 3.68. The highest BCUT2D eigenvalue weighted by Crippen LogP contribution is 2.38. The molecule has 1 saturated heterocycles. The number of hydrogen-bond acceptors (Lipinski definition) is 2. The van der Waals surface area contributed by atoms with Gasteiger partial charge in [-0.3, -0.25) is 0 Å². The van der Waals surface area contributed by atoms with Crippen molar-refractivity contribution in [3.8, 4) is 0 Å². The molecule has 1 N–H and O–H groups in total. The van der Waals surface area contributed by atoms with Gasteiger partial charge in [0.1, 0.15) is 5.82 Å². The molecule has 2 fully saturated rings. The van der Waals surface area contributed by atoms with Crippen molar-refractivity contribution in [2.24, 2.45) is 5.92 Å². The van der Waals surface area contributed by atoms with E-state index < -0.39 is 0 Å². The lowest BCUT2D eigenvalue weighted by Crippen LogP contribution is -2.26. The molecule has 2 atom stereocenters. The molecule has 0 spiro atoms. The highest BCUT2D eigenvalue weighted by Gasteiger charge is 2.32. The molecule has 4 heteroatoms. The summed E-state index contributed by atoms with van der Waals surface area (Å²) in [4.78, 5) is 0. The van der Waals surface area contributed by atoms with Crippen molar-refractivity contribution in [1.29, 1.82) is 0 Å². The smallest absolute Gasteiger partial charge is 0.123 e. The van der Waals surface area contributed by atoms with Crippen LogP contribution in [-0.2, 0) is 4.74 Å². The lowest BCUT2D eigenvalue weighted by molar-refractivity contribution is 0.0896. The summed E-state index contributed by atoms with van der Waals surface area (Å²) < 4.78 is 20.1. The molecule has 1 aliphatic heterocycles. The summed E-state index contributed by atoms with van der Waals surface area (Å²) >= 11 is 3.49. The van der Waals surface area contributed by atoms with Crippen LogP contribution in [0.4, 0.5) is 4.39 Å². The number of hydrogen-bond donors (Lipinski definition) is 1. The van der Waals surface area contributed by atoms with E-state index in [-0.39, 0.29) is 11.9 Å². The van der Waals surface area contributed by atoms with Gasteiger partial charge in [-0.05, 0) is 43.0 Å². The molecule has 0 amide bonds. The fourth-order valence-corrected chi connectivity index (χ4v) is 3.00. The van der Waals surface area contributed by atoms with Crippen molar-refractivity contribution in [1.82, 2.24) is 5.32 Å². The number of nitrogens with one attached hydrogen (secondary N) is 1. The minimum atomic E-state index is -0.197. The number of ether oxygens (including phenoxy) is 1. The Bertz CT molecular complexity index is 436. The monoisotopic (exact) mass is 313 g/mol. The Morgan fingerprint density at radius 3 is 2.94 bits per heavy atom. The maximum atomic E-state index is 13.4. The van der Waals surface area contributed by atoms with Crippen molar-refractivity contribution in [3.05, 3.63) is 34.1 Å². The van der Waals surface area contributed by atoms with Gasteiger partial charge in [-0.1, -0.05) is 15.9 Å². The van der Waals surface area contributed by atoms with Gasteiger partial charge in [0.25, 0.3) is 0 Å². The fraction of sp³-hybridized carbons (Fsp3) is 0.571. The molecule has 0 aromatic heterocycles. The second-order valence-electron chi connectivity index (χ2n) is 5.19. The zero-order chi connectivity index (χ0) is 12.5. The first-order chi connectivity index (χ1) is 8.74. The molecule has 1 aromatic carbocycles. The van der Waals surface area contributed by atoms with E-state index in [0.29, 0.717) is 12.0 Å². The summed E-state index contributed by atoms with van der Waals surface area (Å²) in [7, 11) is 0. The van der Waals surface area contributed by atoms with Crippen LogP contribution in [0.25, 0.3) is 0 Å². The van der Waals surface area contributed by atoms with Crippen molar-refractivity contribution in [3.63, 3.8) is 0 Å². The average molecular weight is 314 g/mol. The fourth-order valence-electron chi connectivity index (χ4n) is 2.52. The first kappa shape index (κ1) is 12.6. The van der Waals surface area contributed by atoms with E-state index in [1.54, 1.807) is 12.1 Å². The SMILES string of the molecule is Fc1ccc(Br)c(C2OCCC2CNC2CC2)c1. The van der Waals surface area contributed by atoms with Gasteiger partial charge in [-0.25, -0.2) is 4.39 Å². The topological polar surface area (TPSA) is 21.3 Å². The standard InChI is InChI=1S/C14H17BrFNO/c15-13-4-1-10(16)7-12(13)14-9(5-6-18-14)8-17-11-2-3-11/h1,4,7,9,11,14,17H,2-3,5-6,8H2. The van der Waals surface area contributed by atoms with E-state index in [4.69, 9.17) is 4.74 Å². The molecule has 0 radical (unpaired) electrons. The van der Waals surface area contributed by atoms with Crippen LogP contribution in [0.3, 0.4) is 0 Å². The summed E-state index contributed by atoms with van der Waals surface area (Å²) in [5, 5.41) is 3.54. The summed E-state index contributed by atoms with van der Waals surface area (Å²) in [5.74, 6) is 0.251. The van der Waals surface area contributed by atoms with Crippen molar-refractivity contribution < 1.29 is 9.13 Å². The van der Waals surface area contributed by atoms with Gasteiger partial charge < -0.3 is 10.1 Å². The number of rotatable bonds is 4. The van der Waals surface area contributed by atoms with Crippen LogP contribution < -0.4 is 5.32 Å². The van der Waals surface area contributed by atoms with E-state index in [2.05, 4.69) is 21.2 Å². The molecule has 2 unspecified atom stereocenters. The zero-order valence-electron chi connectivity index (χ0n) is 10.2. The van der Waals surface area contributed by atoms with Gasteiger partial charge in [0.05, 0.1) is 6.10 Å². The molecule has 3 rings (SSSR count).